The molecule has 0 radical (unpaired) electrons. The first-order chi connectivity index (χ1) is 28.1. The van der Waals surface area contributed by atoms with E-state index in [2.05, 4.69) is 177 Å². The minimum atomic E-state index is -0.298. The van der Waals surface area contributed by atoms with E-state index in [-0.39, 0.29) is 5.41 Å². The maximum atomic E-state index is 6.33. The van der Waals surface area contributed by atoms with Crippen molar-refractivity contribution in [1.29, 1.82) is 0 Å². The Bertz CT molecular complexity index is 3140. The van der Waals surface area contributed by atoms with E-state index < -0.39 is 0 Å². The summed E-state index contributed by atoms with van der Waals surface area (Å²) in [5.74, 6) is 0.681. The molecule has 2 heterocycles. The molecule has 0 aliphatic heterocycles. The average Bonchev–Trinajstić information content (AvgIpc) is 3.80. The highest BCUT2D eigenvalue weighted by Crippen LogP contribution is 2.53. The molecule has 0 fully saturated rings. The van der Waals surface area contributed by atoms with Gasteiger partial charge in [0, 0.05) is 32.9 Å². The number of fused-ring (bicyclic) bond motifs is 6. The second-order valence-corrected chi connectivity index (χ2v) is 15.0. The summed E-state index contributed by atoms with van der Waals surface area (Å²) in [7, 11) is 0. The summed E-state index contributed by atoms with van der Waals surface area (Å²) in [5, 5.41) is 2.20. The first kappa shape index (κ1) is 33.0. The standard InChI is InChI=1S/C54H36N2O/c1-54(37-19-6-3-7-20-37)46-28-14-12-23-40(46)41-32-31-36(33-47(41)54)38-21-8-10-24-42(38)48-34-49(56-53(55-48)35-17-4-2-5-18-35)43-25-11-9-22-39(43)44-27-16-30-51-52(44)45-26-13-15-29-50(45)57-51/h2-34H,1H3. The highest BCUT2D eigenvalue weighted by atomic mass is 16.3. The SMILES string of the molecule is CC1(c2ccccc2)c2ccccc2-c2ccc(-c3ccccc3-c3cc(-c4ccccc4-c4cccc5oc6ccccc6c45)nc(-c4ccccc4)n3)cc21. The molecule has 3 nitrogen and oxygen atoms in total. The van der Waals surface area contributed by atoms with Gasteiger partial charge in [0.25, 0.3) is 0 Å². The Hall–Kier alpha value is -7.36. The largest absolute Gasteiger partial charge is 0.456 e. The molecule has 57 heavy (non-hydrogen) atoms. The number of benzene rings is 8. The molecule has 1 aliphatic carbocycles. The molecule has 0 N–H and O–H groups in total. The quantitative estimate of drug-likeness (QED) is 0.171. The van der Waals surface area contributed by atoms with Gasteiger partial charge in [-0.1, -0.05) is 176 Å². The van der Waals surface area contributed by atoms with Crippen LogP contribution in [0.25, 0.3) is 89.2 Å². The van der Waals surface area contributed by atoms with E-state index in [0.717, 1.165) is 72.3 Å². The van der Waals surface area contributed by atoms with Crippen LogP contribution in [0, 0.1) is 0 Å². The monoisotopic (exact) mass is 728 g/mol. The highest BCUT2D eigenvalue weighted by molar-refractivity contribution is 6.13. The molecule has 3 heteroatoms. The zero-order valence-corrected chi connectivity index (χ0v) is 31.4. The van der Waals surface area contributed by atoms with Gasteiger partial charge in [0.2, 0.25) is 0 Å². The van der Waals surface area contributed by atoms with Crippen LogP contribution in [-0.4, -0.2) is 9.97 Å². The third-order valence-electron chi connectivity index (χ3n) is 11.8. The fraction of sp³-hybridized carbons (Fsp3) is 0.0370. The number of rotatable bonds is 6. The smallest absolute Gasteiger partial charge is 0.160 e. The van der Waals surface area contributed by atoms with Gasteiger partial charge in [-0.15, -0.1) is 0 Å². The lowest BCUT2D eigenvalue weighted by atomic mass is 9.74. The number of nitrogens with zero attached hydrogens (tertiary/aromatic N) is 2. The number of furan rings is 1. The Balaban J connectivity index is 1.11. The van der Waals surface area contributed by atoms with E-state index in [1.165, 1.54) is 27.8 Å². The van der Waals surface area contributed by atoms with Crippen LogP contribution >= 0.6 is 0 Å². The molecule has 1 unspecified atom stereocenters. The third kappa shape index (κ3) is 5.27. The van der Waals surface area contributed by atoms with Gasteiger partial charge in [0.05, 0.1) is 11.4 Å². The average molecular weight is 729 g/mol. The second kappa shape index (κ2) is 13.1. The van der Waals surface area contributed by atoms with E-state index in [0.29, 0.717) is 5.82 Å². The first-order valence-electron chi connectivity index (χ1n) is 19.5. The van der Waals surface area contributed by atoms with Crippen LogP contribution in [-0.2, 0) is 5.41 Å². The number of para-hydroxylation sites is 1. The molecule has 0 spiro atoms. The molecule has 10 aromatic rings. The predicted molar refractivity (Wildman–Crippen MR) is 234 cm³/mol. The number of aromatic nitrogens is 2. The molecule has 268 valence electrons. The van der Waals surface area contributed by atoms with Crippen LogP contribution in [0.5, 0.6) is 0 Å². The van der Waals surface area contributed by atoms with Gasteiger partial charge in [-0.05, 0) is 81.3 Å². The van der Waals surface area contributed by atoms with E-state index in [1.807, 2.05) is 30.3 Å². The van der Waals surface area contributed by atoms with Crippen LogP contribution in [0.1, 0.15) is 23.6 Å². The maximum Gasteiger partial charge on any atom is 0.160 e. The van der Waals surface area contributed by atoms with Crippen molar-refractivity contribution in [2.75, 3.05) is 0 Å². The minimum Gasteiger partial charge on any atom is -0.456 e. The third-order valence-corrected chi connectivity index (χ3v) is 11.8. The molecule has 1 atom stereocenters. The van der Waals surface area contributed by atoms with Crippen molar-refractivity contribution in [1.82, 2.24) is 9.97 Å². The lowest BCUT2D eigenvalue weighted by Crippen LogP contribution is -2.22. The summed E-state index contributed by atoms with van der Waals surface area (Å²) in [6.45, 7) is 2.37. The zero-order valence-electron chi connectivity index (χ0n) is 31.4. The number of hydrogen-bond acceptors (Lipinski definition) is 3. The lowest BCUT2D eigenvalue weighted by molar-refractivity contribution is 0.669. The van der Waals surface area contributed by atoms with E-state index in [9.17, 15) is 0 Å². The Morgan fingerprint density at radius 2 is 0.947 bits per heavy atom. The molecule has 2 aromatic heterocycles. The molecular weight excluding hydrogens is 693 g/mol. The van der Waals surface area contributed by atoms with Crippen molar-refractivity contribution >= 4 is 21.9 Å². The molecule has 8 aromatic carbocycles. The highest BCUT2D eigenvalue weighted by Gasteiger charge is 2.40. The van der Waals surface area contributed by atoms with Crippen LogP contribution in [0.4, 0.5) is 0 Å². The van der Waals surface area contributed by atoms with Gasteiger partial charge in [0.1, 0.15) is 11.2 Å². The molecule has 0 amide bonds. The predicted octanol–water partition coefficient (Wildman–Crippen LogP) is 14.0. The summed E-state index contributed by atoms with van der Waals surface area (Å²) in [4.78, 5) is 10.6. The van der Waals surface area contributed by atoms with Gasteiger partial charge < -0.3 is 4.42 Å². The molecular formula is C54H36N2O. The normalized spacial score (nSPS) is 14.5. The van der Waals surface area contributed by atoms with Gasteiger partial charge in [-0.3, -0.25) is 0 Å². The van der Waals surface area contributed by atoms with Crippen LogP contribution in [0.15, 0.2) is 205 Å². The molecule has 1 aliphatic rings. The van der Waals surface area contributed by atoms with Crippen LogP contribution in [0.3, 0.4) is 0 Å². The Labute approximate surface area is 331 Å². The summed E-state index contributed by atoms with van der Waals surface area (Å²) < 4.78 is 6.33. The summed E-state index contributed by atoms with van der Waals surface area (Å²) in [5.41, 5.74) is 17.2. The Morgan fingerprint density at radius 1 is 0.386 bits per heavy atom. The van der Waals surface area contributed by atoms with Gasteiger partial charge in [-0.25, -0.2) is 9.97 Å². The summed E-state index contributed by atoms with van der Waals surface area (Å²) in [6.07, 6.45) is 0. The van der Waals surface area contributed by atoms with Crippen molar-refractivity contribution < 1.29 is 4.42 Å². The van der Waals surface area contributed by atoms with Crippen molar-refractivity contribution in [3.8, 4) is 67.3 Å². The van der Waals surface area contributed by atoms with Gasteiger partial charge in [0.15, 0.2) is 5.82 Å². The maximum absolute atomic E-state index is 6.33. The van der Waals surface area contributed by atoms with Crippen LogP contribution < -0.4 is 0 Å². The molecule has 0 saturated carbocycles. The molecule has 11 rings (SSSR count). The van der Waals surface area contributed by atoms with Crippen molar-refractivity contribution in [2.45, 2.75) is 12.3 Å². The minimum absolute atomic E-state index is 0.298. The molecule has 0 saturated heterocycles. The van der Waals surface area contributed by atoms with E-state index in [4.69, 9.17) is 14.4 Å². The van der Waals surface area contributed by atoms with E-state index in [1.54, 1.807) is 0 Å². The van der Waals surface area contributed by atoms with Gasteiger partial charge in [-0.2, -0.15) is 0 Å². The summed E-state index contributed by atoms with van der Waals surface area (Å²) >= 11 is 0. The topological polar surface area (TPSA) is 38.9 Å². The molecule has 0 bridgehead atoms. The van der Waals surface area contributed by atoms with Crippen molar-refractivity contribution in [2.24, 2.45) is 0 Å². The fourth-order valence-corrected chi connectivity index (χ4v) is 9.08. The zero-order chi connectivity index (χ0) is 37.9. The van der Waals surface area contributed by atoms with E-state index >= 15 is 0 Å². The first-order valence-corrected chi connectivity index (χ1v) is 19.5. The van der Waals surface area contributed by atoms with Crippen molar-refractivity contribution in [3.63, 3.8) is 0 Å². The van der Waals surface area contributed by atoms with Gasteiger partial charge >= 0.3 is 0 Å². The summed E-state index contributed by atoms with van der Waals surface area (Å²) in [6, 6.07) is 71.0. The van der Waals surface area contributed by atoms with Crippen LogP contribution in [0.2, 0.25) is 0 Å². The second-order valence-electron chi connectivity index (χ2n) is 15.0. The fourth-order valence-electron chi connectivity index (χ4n) is 9.08. The lowest BCUT2D eigenvalue weighted by Gasteiger charge is -2.28. The Kier molecular flexibility index (Phi) is 7.61. The van der Waals surface area contributed by atoms with Crippen molar-refractivity contribution in [3.05, 3.63) is 217 Å². The number of hydrogen-bond donors (Lipinski definition) is 0. The Morgan fingerprint density at radius 3 is 1.72 bits per heavy atom.